The van der Waals surface area contributed by atoms with Gasteiger partial charge >= 0.3 is 5.97 Å². The minimum Gasteiger partial charge on any atom is -0.481 e. The fourth-order valence-corrected chi connectivity index (χ4v) is 6.68. The molecular weight excluding hydrogens is 557 g/mol. The van der Waals surface area contributed by atoms with E-state index < -0.39 is 11.4 Å². The molecule has 0 aliphatic carbocycles. The lowest BCUT2D eigenvalue weighted by molar-refractivity contribution is -0.143. The molecule has 1 atom stereocenters. The van der Waals surface area contributed by atoms with E-state index in [0.29, 0.717) is 6.42 Å². The van der Waals surface area contributed by atoms with E-state index in [2.05, 4.69) is 67.8 Å². The van der Waals surface area contributed by atoms with Crippen molar-refractivity contribution in [2.45, 2.75) is 32.1 Å². The van der Waals surface area contributed by atoms with Crippen molar-refractivity contribution >= 4 is 73.7 Å². The second-order valence-corrected chi connectivity index (χ2v) is 7.70. The Bertz CT molecular complexity index is 422. The van der Waals surface area contributed by atoms with E-state index in [1.165, 1.54) is 0 Å². The lowest BCUT2D eigenvalue weighted by Gasteiger charge is -2.27. The van der Waals surface area contributed by atoms with Gasteiger partial charge in [0.15, 0.2) is 0 Å². The van der Waals surface area contributed by atoms with Gasteiger partial charge in [-0.25, -0.2) is 0 Å². The van der Waals surface area contributed by atoms with Gasteiger partial charge in [-0.2, -0.15) is 0 Å². The molecule has 0 aliphatic heterocycles. The Morgan fingerprint density at radius 1 is 1.29 bits per heavy atom. The Morgan fingerprint density at radius 3 is 2.12 bits per heavy atom. The second-order valence-electron chi connectivity index (χ2n) is 4.13. The fourth-order valence-electron chi connectivity index (χ4n) is 1.91. The molecule has 0 fully saturated rings. The number of hydrogen-bond acceptors (Lipinski definition) is 1. The van der Waals surface area contributed by atoms with Crippen molar-refractivity contribution in [3.8, 4) is 0 Å². The summed E-state index contributed by atoms with van der Waals surface area (Å²) in [5.41, 5.74) is 0.167. The van der Waals surface area contributed by atoms with Crippen LogP contribution < -0.4 is 0 Å². The van der Waals surface area contributed by atoms with Crippen LogP contribution in [0.4, 0.5) is 0 Å². The highest BCUT2D eigenvalue weighted by atomic mass is 127. The summed E-state index contributed by atoms with van der Waals surface area (Å²) in [6.45, 7) is 3.85. The first kappa shape index (κ1) is 15.9. The maximum absolute atomic E-state index is 11.6. The number of benzene rings is 1. The average molecular weight is 570 g/mol. The highest BCUT2D eigenvalue weighted by Crippen LogP contribution is 2.36. The molecule has 1 aromatic carbocycles. The highest BCUT2D eigenvalue weighted by molar-refractivity contribution is 14.1. The maximum atomic E-state index is 11.6. The average Bonchev–Trinajstić information content (AvgIpc) is 2.15. The summed E-state index contributed by atoms with van der Waals surface area (Å²) in [4.78, 5) is 11.6. The zero-order chi connectivity index (χ0) is 13.2. The van der Waals surface area contributed by atoms with Crippen molar-refractivity contribution in [2.75, 3.05) is 0 Å². The number of hydrogen-bond donors (Lipinski definition) is 1. The Balaban J connectivity index is 3.43. The van der Waals surface area contributed by atoms with Crippen LogP contribution in [0.3, 0.4) is 0 Å². The summed E-state index contributed by atoms with van der Waals surface area (Å²) >= 11 is 6.73. The second kappa shape index (κ2) is 6.36. The molecule has 0 aromatic heterocycles. The number of aliphatic carboxylic acids is 1. The van der Waals surface area contributed by atoms with E-state index in [1.54, 1.807) is 0 Å². The van der Waals surface area contributed by atoms with Crippen LogP contribution in [0.2, 0.25) is 0 Å². The third kappa shape index (κ3) is 3.46. The summed E-state index contributed by atoms with van der Waals surface area (Å²) in [5.74, 6) is -0.739. The smallest absolute Gasteiger partial charge is 0.313 e. The molecule has 0 amide bonds. The molecule has 0 radical (unpaired) electrons. The molecule has 17 heavy (non-hydrogen) atoms. The van der Waals surface area contributed by atoms with Gasteiger partial charge in [-0.05, 0) is 98.8 Å². The monoisotopic (exact) mass is 570 g/mol. The van der Waals surface area contributed by atoms with Crippen molar-refractivity contribution in [1.82, 2.24) is 0 Å². The van der Waals surface area contributed by atoms with Crippen LogP contribution in [0.25, 0.3) is 0 Å². The number of rotatable bonds is 4. The standard InChI is InChI=1S/C12H13I3O2/c1-3-4-12(2,11(16)17)10-8(14)5-7(13)6-9(10)15/h5-6H,3-4H2,1-2H3,(H,16,17). The van der Waals surface area contributed by atoms with Gasteiger partial charge in [0.05, 0.1) is 5.41 Å². The van der Waals surface area contributed by atoms with Gasteiger partial charge in [0.1, 0.15) is 0 Å². The van der Waals surface area contributed by atoms with Gasteiger partial charge < -0.3 is 5.11 Å². The van der Waals surface area contributed by atoms with Gasteiger partial charge in [-0.15, -0.1) is 0 Å². The van der Waals surface area contributed by atoms with Crippen LogP contribution in [-0.4, -0.2) is 11.1 Å². The third-order valence-corrected chi connectivity index (χ3v) is 5.11. The Hall–Kier alpha value is 0.880. The first-order chi connectivity index (χ1) is 7.82. The Morgan fingerprint density at radius 2 is 1.76 bits per heavy atom. The van der Waals surface area contributed by atoms with Crippen molar-refractivity contribution < 1.29 is 9.90 Å². The van der Waals surface area contributed by atoms with Crippen LogP contribution in [0, 0.1) is 10.7 Å². The minimum absolute atomic E-state index is 0.662. The number of halogens is 3. The van der Waals surface area contributed by atoms with Crippen LogP contribution in [0.15, 0.2) is 12.1 Å². The Kier molecular flexibility index (Phi) is 5.96. The fraction of sp³-hybridized carbons (Fsp3) is 0.417. The van der Waals surface area contributed by atoms with Crippen LogP contribution in [0.1, 0.15) is 32.3 Å². The van der Waals surface area contributed by atoms with Crippen molar-refractivity contribution in [2.24, 2.45) is 0 Å². The molecule has 1 unspecified atom stereocenters. The van der Waals surface area contributed by atoms with E-state index in [0.717, 1.165) is 22.7 Å². The molecule has 0 saturated carbocycles. The van der Waals surface area contributed by atoms with Gasteiger partial charge in [0.25, 0.3) is 0 Å². The first-order valence-corrected chi connectivity index (χ1v) is 8.45. The molecule has 94 valence electrons. The van der Waals surface area contributed by atoms with Crippen LogP contribution >= 0.6 is 67.8 Å². The van der Waals surface area contributed by atoms with Crippen LogP contribution in [0.5, 0.6) is 0 Å². The molecule has 0 saturated heterocycles. The highest BCUT2D eigenvalue weighted by Gasteiger charge is 2.37. The molecule has 5 heteroatoms. The van der Waals surface area contributed by atoms with E-state index in [-0.39, 0.29) is 0 Å². The summed E-state index contributed by atoms with van der Waals surface area (Å²) in [6.07, 6.45) is 1.52. The summed E-state index contributed by atoms with van der Waals surface area (Å²) in [6, 6.07) is 4.07. The number of carboxylic acids is 1. The topological polar surface area (TPSA) is 37.3 Å². The predicted molar refractivity (Wildman–Crippen MR) is 94.5 cm³/mol. The largest absolute Gasteiger partial charge is 0.481 e. The van der Waals surface area contributed by atoms with Gasteiger partial charge in [-0.3, -0.25) is 4.79 Å². The van der Waals surface area contributed by atoms with Gasteiger partial charge in [0, 0.05) is 10.7 Å². The molecule has 0 spiro atoms. The molecule has 1 aromatic rings. The minimum atomic E-state index is -0.786. The van der Waals surface area contributed by atoms with Gasteiger partial charge in [0.2, 0.25) is 0 Å². The quantitative estimate of drug-likeness (QED) is 0.537. The SMILES string of the molecule is CCCC(C)(C(=O)O)c1c(I)cc(I)cc1I. The first-order valence-electron chi connectivity index (χ1n) is 5.21. The van der Waals surface area contributed by atoms with E-state index >= 15 is 0 Å². The Labute approximate surface area is 142 Å². The zero-order valence-corrected chi connectivity index (χ0v) is 16.0. The molecule has 2 nitrogen and oxygen atoms in total. The predicted octanol–water partition coefficient (Wildman–Crippen LogP) is 4.64. The summed E-state index contributed by atoms with van der Waals surface area (Å²) in [5, 5.41) is 9.53. The van der Waals surface area contributed by atoms with E-state index in [4.69, 9.17) is 0 Å². The molecule has 0 heterocycles. The molecule has 1 N–H and O–H groups in total. The van der Waals surface area contributed by atoms with Crippen molar-refractivity contribution in [3.63, 3.8) is 0 Å². The van der Waals surface area contributed by atoms with Crippen molar-refractivity contribution in [1.29, 1.82) is 0 Å². The summed E-state index contributed by atoms with van der Waals surface area (Å²) in [7, 11) is 0. The van der Waals surface area contributed by atoms with Gasteiger partial charge in [-0.1, -0.05) is 13.3 Å². The van der Waals surface area contributed by atoms with Crippen LogP contribution in [-0.2, 0) is 10.2 Å². The normalized spacial score (nSPS) is 14.4. The molecule has 0 bridgehead atoms. The third-order valence-electron chi connectivity index (χ3n) is 2.78. The molecular formula is C12H13I3O2. The number of carboxylic acid groups (broad SMARTS) is 1. The maximum Gasteiger partial charge on any atom is 0.313 e. The lowest BCUT2D eigenvalue weighted by atomic mass is 9.79. The summed E-state index contributed by atoms with van der Waals surface area (Å²) < 4.78 is 3.22. The van der Waals surface area contributed by atoms with Crippen molar-refractivity contribution in [3.05, 3.63) is 28.4 Å². The zero-order valence-electron chi connectivity index (χ0n) is 9.56. The number of carbonyl (C=O) groups is 1. The molecule has 0 aliphatic rings. The van der Waals surface area contributed by atoms with E-state index in [9.17, 15) is 9.90 Å². The lowest BCUT2D eigenvalue weighted by Crippen LogP contribution is -2.34. The molecule has 1 rings (SSSR count). The van der Waals surface area contributed by atoms with E-state index in [1.807, 2.05) is 26.0 Å².